The molecule has 5 nitrogen and oxygen atoms in total. The second-order valence-corrected chi connectivity index (χ2v) is 2.21. The van der Waals surface area contributed by atoms with Crippen LogP contribution < -0.4 is 0 Å². The Kier molecular flexibility index (Phi) is 5.54. The van der Waals surface area contributed by atoms with Gasteiger partial charge in [0.25, 0.3) is 0 Å². The minimum Gasteiger partial charge on any atom is -0.469 e. The Balaban J connectivity index is 3.81. The molecule has 0 unspecified atom stereocenters. The van der Waals surface area contributed by atoms with Crippen LogP contribution in [0.15, 0.2) is 12.7 Å². The minimum atomic E-state index is -1.47. The van der Waals surface area contributed by atoms with E-state index < -0.39 is 24.5 Å². The fourth-order valence-corrected chi connectivity index (χ4v) is 0.562. The van der Waals surface area contributed by atoms with Crippen LogP contribution >= 0.6 is 0 Å². The molecule has 0 spiro atoms. The highest BCUT2D eigenvalue weighted by Crippen LogP contribution is 1.96. The number of hydrogen-bond donors (Lipinski definition) is 1. The monoisotopic (exact) mass is 188 g/mol. The molecule has 1 atom stereocenters. The molecule has 0 rings (SSSR count). The lowest BCUT2D eigenvalue weighted by molar-refractivity contribution is -0.158. The summed E-state index contributed by atoms with van der Waals surface area (Å²) in [5, 5.41) is 9.04. The van der Waals surface area contributed by atoms with Crippen molar-refractivity contribution in [3.8, 4) is 0 Å². The number of rotatable bonds is 5. The van der Waals surface area contributed by atoms with Crippen molar-refractivity contribution in [2.45, 2.75) is 12.5 Å². The first-order valence-electron chi connectivity index (χ1n) is 3.64. The van der Waals surface area contributed by atoms with E-state index in [-0.39, 0.29) is 6.61 Å². The van der Waals surface area contributed by atoms with Gasteiger partial charge >= 0.3 is 11.9 Å². The van der Waals surface area contributed by atoms with Gasteiger partial charge in [0.05, 0.1) is 13.5 Å². The zero-order valence-electron chi connectivity index (χ0n) is 7.36. The smallest absolute Gasteiger partial charge is 0.335 e. The van der Waals surface area contributed by atoms with E-state index in [0.29, 0.717) is 0 Å². The molecule has 5 heteroatoms. The lowest BCUT2D eigenvalue weighted by Crippen LogP contribution is -2.26. The van der Waals surface area contributed by atoms with Crippen molar-refractivity contribution >= 4 is 11.9 Å². The largest absolute Gasteiger partial charge is 0.469 e. The number of aliphatic hydroxyl groups excluding tert-OH is 1. The molecular weight excluding hydrogens is 176 g/mol. The zero-order chi connectivity index (χ0) is 10.3. The molecule has 0 aliphatic rings. The molecule has 0 aliphatic carbocycles. The normalized spacial score (nSPS) is 11.5. The van der Waals surface area contributed by atoms with Crippen molar-refractivity contribution in [2.24, 2.45) is 0 Å². The highest BCUT2D eigenvalue weighted by atomic mass is 16.5. The van der Waals surface area contributed by atoms with Gasteiger partial charge in [-0.2, -0.15) is 0 Å². The lowest BCUT2D eigenvalue weighted by atomic mass is 10.2. The Morgan fingerprint density at radius 1 is 1.62 bits per heavy atom. The topological polar surface area (TPSA) is 72.8 Å². The number of carbonyl (C=O) groups excluding carboxylic acids is 2. The average Bonchev–Trinajstić information content (AvgIpc) is 2.13. The van der Waals surface area contributed by atoms with Crippen LogP contribution in [-0.2, 0) is 19.1 Å². The molecule has 0 saturated heterocycles. The number of carbonyl (C=O) groups is 2. The molecule has 0 aromatic rings. The Morgan fingerprint density at radius 3 is 2.69 bits per heavy atom. The summed E-state index contributed by atoms with van der Waals surface area (Å²) in [6.45, 7) is 3.33. The van der Waals surface area contributed by atoms with Gasteiger partial charge in [-0.25, -0.2) is 4.79 Å². The molecule has 1 N–H and O–H groups in total. The summed E-state index contributed by atoms with van der Waals surface area (Å²) in [6, 6.07) is 0. The van der Waals surface area contributed by atoms with Gasteiger partial charge in [-0.05, 0) is 0 Å². The van der Waals surface area contributed by atoms with Crippen molar-refractivity contribution < 1.29 is 24.2 Å². The Hall–Kier alpha value is -1.36. The molecule has 13 heavy (non-hydrogen) atoms. The first-order valence-corrected chi connectivity index (χ1v) is 3.64. The minimum absolute atomic E-state index is 0.0110. The lowest BCUT2D eigenvalue weighted by Gasteiger charge is -2.07. The van der Waals surface area contributed by atoms with Crippen LogP contribution in [0.3, 0.4) is 0 Å². The molecule has 0 aromatic carbocycles. The molecule has 0 bridgehead atoms. The molecule has 0 amide bonds. The van der Waals surface area contributed by atoms with Crippen molar-refractivity contribution in [3.05, 3.63) is 12.7 Å². The number of esters is 2. The van der Waals surface area contributed by atoms with Crippen molar-refractivity contribution in [3.63, 3.8) is 0 Å². The third-order valence-electron chi connectivity index (χ3n) is 1.20. The molecule has 0 heterocycles. The molecule has 0 radical (unpaired) electrons. The van der Waals surface area contributed by atoms with E-state index in [1.807, 2.05) is 0 Å². The highest BCUT2D eigenvalue weighted by molar-refractivity contribution is 5.81. The first-order chi connectivity index (χ1) is 6.11. The van der Waals surface area contributed by atoms with E-state index in [1.165, 1.54) is 13.2 Å². The Morgan fingerprint density at radius 2 is 2.23 bits per heavy atom. The molecule has 74 valence electrons. The highest BCUT2D eigenvalue weighted by Gasteiger charge is 2.20. The second kappa shape index (κ2) is 6.19. The van der Waals surface area contributed by atoms with E-state index in [4.69, 9.17) is 5.11 Å². The van der Waals surface area contributed by atoms with Crippen LogP contribution in [0, 0.1) is 0 Å². The van der Waals surface area contributed by atoms with Gasteiger partial charge in [-0.15, -0.1) is 0 Å². The summed E-state index contributed by atoms with van der Waals surface area (Å²) in [4.78, 5) is 21.4. The number of methoxy groups -OCH3 is 1. The second-order valence-electron chi connectivity index (χ2n) is 2.21. The number of hydrogen-bond acceptors (Lipinski definition) is 5. The van der Waals surface area contributed by atoms with Crippen LogP contribution in [0.2, 0.25) is 0 Å². The molecule has 0 fully saturated rings. The zero-order valence-corrected chi connectivity index (χ0v) is 7.36. The van der Waals surface area contributed by atoms with Gasteiger partial charge in [-0.3, -0.25) is 4.79 Å². The maximum atomic E-state index is 10.8. The third-order valence-corrected chi connectivity index (χ3v) is 1.20. The average molecular weight is 188 g/mol. The van der Waals surface area contributed by atoms with Crippen LogP contribution in [0.5, 0.6) is 0 Å². The van der Waals surface area contributed by atoms with E-state index in [1.54, 1.807) is 0 Å². The van der Waals surface area contributed by atoms with Gasteiger partial charge in [0.2, 0.25) is 0 Å². The number of aliphatic hydroxyl groups is 1. The summed E-state index contributed by atoms with van der Waals surface area (Å²) < 4.78 is 8.73. The summed E-state index contributed by atoms with van der Waals surface area (Å²) in [6.07, 6.45) is -0.498. The molecule has 0 aromatic heterocycles. The summed E-state index contributed by atoms with van der Waals surface area (Å²) in [5.41, 5.74) is 0. The summed E-state index contributed by atoms with van der Waals surface area (Å²) >= 11 is 0. The Bertz CT molecular complexity index is 199. The maximum Gasteiger partial charge on any atom is 0.335 e. The van der Waals surface area contributed by atoms with Crippen LogP contribution in [0.25, 0.3) is 0 Å². The molecule has 0 aliphatic heterocycles. The molecule has 0 saturated carbocycles. The first kappa shape index (κ1) is 11.6. The maximum absolute atomic E-state index is 10.8. The standard InChI is InChI=1S/C8H12O5/c1-3-4-13-8(11)6(9)5-7(10)12-2/h3,6,9H,1,4-5H2,2H3/t6-/m0/s1. The third kappa shape index (κ3) is 4.97. The number of ether oxygens (including phenoxy) is 2. The fraction of sp³-hybridized carbons (Fsp3) is 0.500. The van der Waals surface area contributed by atoms with E-state index in [0.717, 1.165) is 0 Å². The van der Waals surface area contributed by atoms with E-state index in [2.05, 4.69) is 16.1 Å². The SMILES string of the molecule is C=CCOC(=O)[C@@H](O)CC(=O)OC. The van der Waals surface area contributed by atoms with Gasteiger partial charge in [-0.1, -0.05) is 12.7 Å². The van der Waals surface area contributed by atoms with Gasteiger partial charge < -0.3 is 14.6 Å². The Labute approximate surface area is 75.9 Å². The molecular formula is C8H12O5. The fourth-order valence-electron chi connectivity index (χ4n) is 0.562. The quantitative estimate of drug-likeness (QED) is 0.471. The summed E-state index contributed by atoms with van der Waals surface area (Å²) in [7, 11) is 1.17. The van der Waals surface area contributed by atoms with Gasteiger partial charge in [0.1, 0.15) is 6.61 Å². The predicted octanol–water partition coefficient (Wildman–Crippen LogP) is -0.360. The van der Waals surface area contributed by atoms with Gasteiger partial charge in [0.15, 0.2) is 6.10 Å². The van der Waals surface area contributed by atoms with Crippen LogP contribution in [0.1, 0.15) is 6.42 Å². The van der Waals surface area contributed by atoms with Crippen LogP contribution in [-0.4, -0.2) is 36.9 Å². The van der Waals surface area contributed by atoms with Gasteiger partial charge in [0, 0.05) is 0 Å². The van der Waals surface area contributed by atoms with Crippen molar-refractivity contribution in [2.75, 3.05) is 13.7 Å². The predicted molar refractivity (Wildman–Crippen MR) is 43.8 cm³/mol. The van der Waals surface area contributed by atoms with Crippen LogP contribution in [0.4, 0.5) is 0 Å². The van der Waals surface area contributed by atoms with E-state index >= 15 is 0 Å². The van der Waals surface area contributed by atoms with E-state index in [9.17, 15) is 9.59 Å². The van der Waals surface area contributed by atoms with Crippen molar-refractivity contribution in [1.29, 1.82) is 0 Å². The van der Waals surface area contributed by atoms with Crippen molar-refractivity contribution in [1.82, 2.24) is 0 Å². The summed E-state index contributed by atoms with van der Waals surface area (Å²) in [5.74, 6) is -1.52.